The van der Waals surface area contributed by atoms with E-state index in [4.69, 9.17) is 19.9 Å². The molecule has 2 unspecified atom stereocenters. The zero-order chi connectivity index (χ0) is 17.0. The van der Waals surface area contributed by atoms with Crippen molar-refractivity contribution in [1.82, 2.24) is 0 Å². The lowest BCUT2D eigenvalue weighted by molar-refractivity contribution is -0.122. The Morgan fingerprint density at radius 1 is 1.04 bits per heavy atom. The third-order valence-electron chi connectivity index (χ3n) is 4.14. The van der Waals surface area contributed by atoms with Crippen LogP contribution in [-0.2, 0) is 9.59 Å². The summed E-state index contributed by atoms with van der Waals surface area (Å²) in [5.41, 5.74) is 5.85. The van der Waals surface area contributed by atoms with E-state index in [0.717, 1.165) is 0 Å². The average Bonchev–Trinajstić information content (AvgIpc) is 3.04. The summed E-state index contributed by atoms with van der Waals surface area (Å²) in [6.45, 7) is 0. The molecule has 0 bridgehead atoms. The van der Waals surface area contributed by atoms with Crippen LogP contribution in [0.5, 0.6) is 17.2 Å². The summed E-state index contributed by atoms with van der Waals surface area (Å²) in [5.74, 6) is 0.475. The van der Waals surface area contributed by atoms with Gasteiger partial charge in [-0.1, -0.05) is 0 Å². The molecule has 1 saturated carbocycles. The van der Waals surface area contributed by atoms with Crippen molar-refractivity contribution in [2.45, 2.75) is 19.3 Å². The number of amides is 2. The van der Waals surface area contributed by atoms with E-state index in [-0.39, 0.29) is 23.7 Å². The second kappa shape index (κ2) is 7.21. The van der Waals surface area contributed by atoms with Gasteiger partial charge in [-0.15, -0.1) is 0 Å². The quantitative estimate of drug-likeness (QED) is 0.828. The zero-order valence-corrected chi connectivity index (χ0v) is 13.5. The third kappa shape index (κ3) is 3.67. The molecule has 126 valence electrons. The molecule has 1 aromatic rings. The topological polar surface area (TPSA) is 99.9 Å². The predicted octanol–water partition coefficient (Wildman–Crippen LogP) is 1.55. The number of carbonyl (C=O) groups excluding carboxylic acids is 2. The molecular formula is C16H22N2O5. The van der Waals surface area contributed by atoms with Crippen molar-refractivity contribution in [3.05, 3.63) is 12.1 Å². The highest BCUT2D eigenvalue weighted by atomic mass is 16.5. The number of ether oxygens (including phenoxy) is 3. The molecule has 2 atom stereocenters. The first-order valence-electron chi connectivity index (χ1n) is 7.40. The Morgan fingerprint density at radius 2 is 1.61 bits per heavy atom. The van der Waals surface area contributed by atoms with E-state index in [1.165, 1.54) is 21.3 Å². The first kappa shape index (κ1) is 16.9. The first-order valence-corrected chi connectivity index (χ1v) is 7.40. The van der Waals surface area contributed by atoms with Gasteiger partial charge in [0.05, 0.1) is 21.3 Å². The highest BCUT2D eigenvalue weighted by Crippen LogP contribution is 2.40. The van der Waals surface area contributed by atoms with Gasteiger partial charge in [0.15, 0.2) is 11.5 Å². The Balaban J connectivity index is 2.14. The van der Waals surface area contributed by atoms with Crippen molar-refractivity contribution in [2.24, 2.45) is 17.6 Å². The number of rotatable bonds is 6. The van der Waals surface area contributed by atoms with Crippen molar-refractivity contribution in [2.75, 3.05) is 26.6 Å². The van der Waals surface area contributed by atoms with Crippen LogP contribution in [0.1, 0.15) is 19.3 Å². The summed E-state index contributed by atoms with van der Waals surface area (Å²) >= 11 is 0. The fourth-order valence-electron chi connectivity index (χ4n) is 2.88. The molecule has 1 aliphatic carbocycles. The molecule has 0 spiro atoms. The predicted molar refractivity (Wildman–Crippen MR) is 84.8 cm³/mol. The zero-order valence-electron chi connectivity index (χ0n) is 13.5. The number of nitrogens with two attached hydrogens (primary N) is 1. The molecular weight excluding hydrogens is 300 g/mol. The van der Waals surface area contributed by atoms with Gasteiger partial charge in [0.1, 0.15) is 0 Å². The highest BCUT2D eigenvalue weighted by Gasteiger charge is 2.33. The van der Waals surface area contributed by atoms with Gasteiger partial charge in [0.25, 0.3) is 0 Å². The fraction of sp³-hybridized carbons (Fsp3) is 0.500. The average molecular weight is 322 g/mol. The third-order valence-corrected chi connectivity index (χ3v) is 4.14. The second-order valence-electron chi connectivity index (χ2n) is 5.51. The van der Waals surface area contributed by atoms with Gasteiger partial charge in [-0.05, 0) is 19.3 Å². The van der Waals surface area contributed by atoms with Gasteiger partial charge in [-0.2, -0.15) is 0 Å². The van der Waals surface area contributed by atoms with Crippen LogP contribution in [0.4, 0.5) is 5.69 Å². The van der Waals surface area contributed by atoms with Gasteiger partial charge < -0.3 is 25.3 Å². The summed E-state index contributed by atoms with van der Waals surface area (Å²) in [7, 11) is 4.54. The number of anilines is 1. The highest BCUT2D eigenvalue weighted by molar-refractivity contribution is 5.94. The molecule has 0 aromatic heterocycles. The monoisotopic (exact) mass is 322 g/mol. The Bertz CT molecular complexity index is 577. The number of primary amides is 1. The summed E-state index contributed by atoms with van der Waals surface area (Å²) in [6, 6.07) is 3.33. The number of nitrogens with one attached hydrogen (secondary N) is 1. The van der Waals surface area contributed by atoms with E-state index in [9.17, 15) is 9.59 Å². The maximum atomic E-state index is 12.4. The molecule has 23 heavy (non-hydrogen) atoms. The first-order chi connectivity index (χ1) is 11.0. The standard InChI is InChI=1S/C16H22N2O5/c1-21-12-7-11(8-13(22-2)14(12)23-3)18-16(20)10-5-4-9(6-10)15(17)19/h7-10H,4-6H2,1-3H3,(H2,17,19)(H,18,20). The maximum absolute atomic E-state index is 12.4. The van der Waals surface area contributed by atoms with Gasteiger partial charge in [-0.3, -0.25) is 9.59 Å². The van der Waals surface area contributed by atoms with E-state index < -0.39 is 0 Å². The van der Waals surface area contributed by atoms with E-state index in [2.05, 4.69) is 5.32 Å². The number of hydrogen-bond acceptors (Lipinski definition) is 5. The number of methoxy groups -OCH3 is 3. The van der Waals surface area contributed by atoms with Gasteiger partial charge in [0, 0.05) is 29.7 Å². The van der Waals surface area contributed by atoms with Crippen LogP contribution in [0, 0.1) is 11.8 Å². The van der Waals surface area contributed by atoms with Gasteiger partial charge >= 0.3 is 0 Å². The molecule has 7 nitrogen and oxygen atoms in total. The summed E-state index contributed by atoms with van der Waals surface area (Å²) in [4.78, 5) is 23.6. The number of hydrogen-bond donors (Lipinski definition) is 2. The largest absolute Gasteiger partial charge is 0.493 e. The van der Waals surface area contributed by atoms with Crippen LogP contribution in [0.15, 0.2) is 12.1 Å². The number of carbonyl (C=O) groups is 2. The van der Waals surface area contributed by atoms with Crippen LogP contribution in [-0.4, -0.2) is 33.1 Å². The molecule has 3 N–H and O–H groups in total. The summed E-state index contributed by atoms with van der Waals surface area (Å²) in [6.07, 6.45) is 1.80. The second-order valence-corrected chi connectivity index (χ2v) is 5.51. The minimum absolute atomic E-state index is 0.136. The van der Waals surface area contributed by atoms with Crippen LogP contribution in [0.2, 0.25) is 0 Å². The number of benzene rings is 1. The van der Waals surface area contributed by atoms with E-state index in [0.29, 0.717) is 42.2 Å². The fourth-order valence-corrected chi connectivity index (χ4v) is 2.88. The molecule has 0 aliphatic heterocycles. The van der Waals surface area contributed by atoms with E-state index >= 15 is 0 Å². The lowest BCUT2D eigenvalue weighted by Gasteiger charge is -2.16. The molecule has 2 rings (SSSR count). The maximum Gasteiger partial charge on any atom is 0.227 e. The van der Waals surface area contributed by atoms with Crippen LogP contribution < -0.4 is 25.3 Å². The Morgan fingerprint density at radius 3 is 2.04 bits per heavy atom. The molecule has 7 heteroatoms. The van der Waals surface area contributed by atoms with Crippen LogP contribution in [0.3, 0.4) is 0 Å². The van der Waals surface area contributed by atoms with Crippen LogP contribution in [0.25, 0.3) is 0 Å². The minimum atomic E-state index is -0.340. The smallest absolute Gasteiger partial charge is 0.227 e. The lowest BCUT2D eigenvalue weighted by Crippen LogP contribution is -2.24. The molecule has 1 fully saturated rings. The van der Waals surface area contributed by atoms with E-state index in [1.54, 1.807) is 12.1 Å². The van der Waals surface area contributed by atoms with Gasteiger partial charge in [0.2, 0.25) is 17.6 Å². The Kier molecular flexibility index (Phi) is 5.31. The molecule has 1 aliphatic rings. The SMILES string of the molecule is COc1cc(NC(=O)C2CCC(C(N)=O)C2)cc(OC)c1OC. The molecule has 0 saturated heterocycles. The van der Waals surface area contributed by atoms with Crippen LogP contribution >= 0.6 is 0 Å². The minimum Gasteiger partial charge on any atom is -0.493 e. The molecule has 0 heterocycles. The summed E-state index contributed by atoms with van der Waals surface area (Å²) in [5, 5.41) is 2.84. The Hall–Kier alpha value is -2.44. The van der Waals surface area contributed by atoms with Crippen molar-refractivity contribution in [3.8, 4) is 17.2 Å². The van der Waals surface area contributed by atoms with Gasteiger partial charge in [-0.25, -0.2) is 0 Å². The normalized spacial score (nSPS) is 20.0. The lowest BCUT2D eigenvalue weighted by atomic mass is 10.0. The van der Waals surface area contributed by atoms with Crippen molar-refractivity contribution in [1.29, 1.82) is 0 Å². The molecule has 0 radical (unpaired) electrons. The molecule has 1 aromatic carbocycles. The van der Waals surface area contributed by atoms with E-state index in [1.807, 2.05) is 0 Å². The summed E-state index contributed by atoms with van der Waals surface area (Å²) < 4.78 is 15.8. The van der Waals surface area contributed by atoms with Crippen molar-refractivity contribution in [3.63, 3.8) is 0 Å². The Labute approximate surface area is 135 Å². The van der Waals surface area contributed by atoms with Crippen molar-refractivity contribution < 1.29 is 23.8 Å². The molecule has 2 amide bonds. The van der Waals surface area contributed by atoms with Crippen molar-refractivity contribution >= 4 is 17.5 Å².